The number of aromatic nitrogens is 3. The lowest BCUT2D eigenvalue weighted by Crippen LogP contribution is -2.41. The molecule has 0 aromatic carbocycles. The SMILES string of the molecule is Cc1noc(C)c1CCC(=O)N[C@H]1CCc2nccn2C1. The number of hydrogen-bond donors (Lipinski definition) is 1. The van der Waals surface area contributed by atoms with Crippen LogP contribution in [0.25, 0.3) is 0 Å². The summed E-state index contributed by atoms with van der Waals surface area (Å²) in [5, 5.41) is 7.02. The Hall–Kier alpha value is -2.11. The highest BCUT2D eigenvalue weighted by Crippen LogP contribution is 2.15. The summed E-state index contributed by atoms with van der Waals surface area (Å²) in [6.45, 7) is 4.60. The fraction of sp³-hybridized carbons (Fsp3) is 0.533. The van der Waals surface area contributed by atoms with Crippen LogP contribution in [0.3, 0.4) is 0 Å². The largest absolute Gasteiger partial charge is 0.361 e. The highest BCUT2D eigenvalue weighted by atomic mass is 16.5. The fourth-order valence-corrected chi connectivity index (χ4v) is 2.88. The van der Waals surface area contributed by atoms with E-state index >= 15 is 0 Å². The van der Waals surface area contributed by atoms with Gasteiger partial charge in [-0.15, -0.1) is 0 Å². The molecule has 112 valence electrons. The Kier molecular flexibility index (Phi) is 3.77. The van der Waals surface area contributed by atoms with E-state index in [9.17, 15) is 4.79 Å². The van der Waals surface area contributed by atoms with Gasteiger partial charge in [0.15, 0.2) is 0 Å². The maximum atomic E-state index is 12.1. The van der Waals surface area contributed by atoms with Crippen molar-refractivity contribution in [2.75, 3.05) is 0 Å². The van der Waals surface area contributed by atoms with Gasteiger partial charge in [0.1, 0.15) is 11.6 Å². The van der Waals surface area contributed by atoms with Gasteiger partial charge in [0, 0.05) is 43.4 Å². The molecule has 3 rings (SSSR count). The number of aryl methyl sites for hydroxylation is 3. The summed E-state index contributed by atoms with van der Waals surface area (Å²) in [4.78, 5) is 16.4. The third kappa shape index (κ3) is 2.99. The maximum absolute atomic E-state index is 12.1. The minimum absolute atomic E-state index is 0.0866. The van der Waals surface area contributed by atoms with E-state index < -0.39 is 0 Å². The molecule has 2 aromatic heterocycles. The maximum Gasteiger partial charge on any atom is 0.220 e. The minimum Gasteiger partial charge on any atom is -0.361 e. The number of carbonyl (C=O) groups is 1. The van der Waals surface area contributed by atoms with E-state index in [-0.39, 0.29) is 11.9 Å². The van der Waals surface area contributed by atoms with Gasteiger partial charge in [0.2, 0.25) is 5.91 Å². The predicted octanol–water partition coefficient (Wildman–Crippen LogP) is 1.55. The number of nitrogens with one attached hydrogen (secondary N) is 1. The number of rotatable bonds is 4. The van der Waals surface area contributed by atoms with Gasteiger partial charge in [-0.1, -0.05) is 5.16 Å². The first kappa shape index (κ1) is 13.9. The molecule has 0 unspecified atom stereocenters. The first-order valence-corrected chi connectivity index (χ1v) is 7.34. The van der Waals surface area contributed by atoms with Crippen molar-refractivity contribution in [1.29, 1.82) is 0 Å². The summed E-state index contributed by atoms with van der Waals surface area (Å²) in [6.07, 6.45) is 6.80. The van der Waals surface area contributed by atoms with Crippen molar-refractivity contribution in [3.05, 3.63) is 35.2 Å². The Morgan fingerprint density at radius 3 is 3.14 bits per heavy atom. The molecular formula is C15H20N4O2. The highest BCUT2D eigenvalue weighted by Gasteiger charge is 2.20. The Bertz CT molecular complexity index is 624. The molecule has 0 radical (unpaired) electrons. The molecular weight excluding hydrogens is 268 g/mol. The number of imidazole rings is 1. The molecule has 0 saturated carbocycles. The second-order valence-corrected chi connectivity index (χ2v) is 5.60. The number of carbonyl (C=O) groups excluding carboxylic acids is 1. The third-order valence-corrected chi connectivity index (χ3v) is 4.08. The van der Waals surface area contributed by atoms with Crippen LogP contribution in [0.4, 0.5) is 0 Å². The van der Waals surface area contributed by atoms with Gasteiger partial charge >= 0.3 is 0 Å². The van der Waals surface area contributed by atoms with Gasteiger partial charge in [0.25, 0.3) is 0 Å². The molecule has 1 N–H and O–H groups in total. The molecule has 0 aliphatic carbocycles. The number of hydrogen-bond acceptors (Lipinski definition) is 4. The van der Waals surface area contributed by atoms with E-state index in [0.717, 1.165) is 42.2 Å². The molecule has 6 nitrogen and oxygen atoms in total. The number of fused-ring (bicyclic) bond motifs is 1. The Labute approximate surface area is 123 Å². The summed E-state index contributed by atoms with van der Waals surface area (Å²) in [5.41, 5.74) is 1.92. The number of nitrogens with zero attached hydrogens (tertiary/aromatic N) is 3. The zero-order chi connectivity index (χ0) is 14.8. The molecule has 2 aromatic rings. The molecule has 0 bridgehead atoms. The van der Waals surface area contributed by atoms with Crippen molar-refractivity contribution in [2.45, 2.75) is 52.1 Å². The van der Waals surface area contributed by atoms with Crippen molar-refractivity contribution >= 4 is 5.91 Å². The van der Waals surface area contributed by atoms with Crippen molar-refractivity contribution in [3.8, 4) is 0 Å². The smallest absolute Gasteiger partial charge is 0.220 e. The lowest BCUT2D eigenvalue weighted by atomic mass is 10.1. The highest BCUT2D eigenvalue weighted by molar-refractivity contribution is 5.76. The first-order chi connectivity index (χ1) is 10.1. The summed E-state index contributed by atoms with van der Waals surface area (Å²) < 4.78 is 7.23. The molecule has 0 fully saturated rings. The van der Waals surface area contributed by atoms with Gasteiger partial charge in [-0.3, -0.25) is 4.79 Å². The van der Waals surface area contributed by atoms with Gasteiger partial charge in [-0.25, -0.2) is 4.98 Å². The van der Waals surface area contributed by atoms with Crippen molar-refractivity contribution in [1.82, 2.24) is 20.0 Å². The summed E-state index contributed by atoms with van der Waals surface area (Å²) in [5.74, 6) is 2.00. The molecule has 1 atom stereocenters. The second-order valence-electron chi connectivity index (χ2n) is 5.60. The Balaban J connectivity index is 1.51. The van der Waals surface area contributed by atoms with E-state index in [4.69, 9.17) is 4.52 Å². The van der Waals surface area contributed by atoms with E-state index in [2.05, 4.69) is 20.0 Å². The predicted molar refractivity (Wildman–Crippen MR) is 76.8 cm³/mol. The quantitative estimate of drug-likeness (QED) is 0.926. The van der Waals surface area contributed by atoms with E-state index in [1.54, 1.807) is 0 Å². The zero-order valence-corrected chi connectivity index (χ0v) is 12.4. The second kappa shape index (κ2) is 5.71. The van der Waals surface area contributed by atoms with Crippen molar-refractivity contribution in [2.24, 2.45) is 0 Å². The normalized spacial score (nSPS) is 17.5. The van der Waals surface area contributed by atoms with E-state index in [1.165, 1.54) is 0 Å². The van der Waals surface area contributed by atoms with Gasteiger partial charge in [-0.05, 0) is 26.7 Å². The lowest BCUT2D eigenvalue weighted by Gasteiger charge is -2.24. The monoisotopic (exact) mass is 288 g/mol. The third-order valence-electron chi connectivity index (χ3n) is 4.08. The van der Waals surface area contributed by atoms with Crippen LogP contribution in [0.5, 0.6) is 0 Å². The fourth-order valence-electron chi connectivity index (χ4n) is 2.88. The van der Waals surface area contributed by atoms with Crippen LogP contribution in [0.15, 0.2) is 16.9 Å². The molecule has 6 heteroatoms. The van der Waals surface area contributed by atoms with Gasteiger partial charge in [-0.2, -0.15) is 0 Å². The van der Waals surface area contributed by atoms with Crippen LogP contribution in [0.2, 0.25) is 0 Å². The molecule has 0 spiro atoms. The lowest BCUT2D eigenvalue weighted by molar-refractivity contribution is -0.122. The first-order valence-electron chi connectivity index (χ1n) is 7.34. The van der Waals surface area contributed by atoms with Crippen LogP contribution in [-0.2, 0) is 24.2 Å². The average molecular weight is 288 g/mol. The average Bonchev–Trinajstić information content (AvgIpc) is 3.04. The summed E-state index contributed by atoms with van der Waals surface area (Å²) in [6, 6.07) is 0.198. The summed E-state index contributed by atoms with van der Waals surface area (Å²) in [7, 11) is 0. The number of amides is 1. The van der Waals surface area contributed by atoms with Crippen molar-refractivity contribution < 1.29 is 9.32 Å². The van der Waals surface area contributed by atoms with Crippen molar-refractivity contribution in [3.63, 3.8) is 0 Å². The van der Waals surface area contributed by atoms with Crippen LogP contribution >= 0.6 is 0 Å². The molecule has 0 saturated heterocycles. The van der Waals surface area contributed by atoms with Crippen LogP contribution in [-0.4, -0.2) is 26.7 Å². The molecule has 3 heterocycles. The van der Waals surface area contributed by atoms with E-state index in [1.807, 2.05) is 26.2 Å². The molecule has 1 amide bonds. The molecule has 1 aliphatic rings. The van der Waals surface area contributed by atoms with Gasteiger partial charge < -0.3 is 14.4 Å². The van der Waals surface area contributed by atoms with Crippen LogP contribution in [0.1, 0.15) is 35.7 Å². The standard InChI is InChI=1S/C15H20N4O2/c1-10-13(11(2)21-18-10)4-6-15(20)17-12-3-5-14-16-7-8-19(14)9-12/h7-8,12H,3-6,9H2,1-2H3,(H,17,20)/t12-/m0/s1. The van der Waals surface area contributed by atoms with Gasteiger partial charge in [0.05, 0.1) is 5.69 Å². The van der Waals surface area contributed by atoms with Crippen LogP contribution < -0.4 is 5.32 Å². The topological polar surface area (TPSA) is 73.0 Å². The molecule has 1 aliphatic heterocycles. The zero-order valence-electron chi connectivity index (χ0n) is 12.4. The Morgan fingerprint density at radius 1 is 1.52 bits per heavy atom. The van der Waals surface area contributed by atoms with Crippen LogP contribution in [0, 0.1) is 13.8 Å². The summed E-state index contributed by atoms with van der Waals surface area (Å²) >= 11 is 0. The molecule has 21 heavy (non-hydrogen) atoms. The Morgan fingerprint density at radius 2 is 2.38 bits per heavy atom. The minimum atomic E-state index is 0.0866. The van der Waals surface area contributed by atoms with E-state index in [0.29, 0.717) is 12.8 Å².